The number of allylic oxidation sites excluding steroid dienone is 1. The molecule has 106 valence electrons. The minimum Gasteiger partial charge on any atom is -0.392 e. The normalized spacial score (nSPS) is 35.6. The van der Waals surface area contributed by atoms with E-state index in [4.69, 9.17) is 0 Å². The smallest absolute Gasteiger partial charge is 0.164 e. The van der Waals surface area contributed by atoms with Gasteiger partial charge in [-0.2, -0.15) is 0 Å². The van der Waals surface area contributed by atoms with Gasteiger partial charge in [-0.05, 0) is 29.9 Å². The van der Waals surface area contributed by atoms with Gasteiger partial charge in [-0.1, -0.05) is 56.7 Å². The highest BCUT2D eigenvalue weighted by Gasteiger charge is 2.57. The number of hydrogen-bond acceptors (Lipinski definition) is 2. The van der Waals surface area contributed by atoms with Crippen molar-refractivity contribution in [3.05, 3.63) is 47.5 Å². The summed E-state index contributed by atoms with van der Waals surface area (Å²) >= 11 is 0. The van der Waals surface area contributed by atoms with Gasteiger partial charge in [0.05, 0.1) is 12.0 Å². The first-order chi connectivity index (χ1) is 9.37. The van der Waals surface area contributed by atoms with Crippen LogP contribution in [-0.4, -0.2) is 17.0 Å². The third-order valence-electron chi connectivity index (χ3n) is 5.35. The lowest BCUT2D eigenvalue weighted by Crippen LogP contribution is -2.46. The molecule has 0 bridgehead atoms. The van der Waals surface area contributed by atoms with Gasteiger partial charge in [-0.3, -0.25) is 4.79 Å². The van der Waals surface area contributed by atoms with Crippen LogP contribution >= 0.6 is 0 Å². The molecule has 1 aromatic carbocycles. The Hall–Kier alpha value is -1.41. The molecule has 0 spiro atoms. The molecule has 1 aromatic rings. The van der Waals surface area contributed by atoms with Crippen LogP contribution in [0.1, 0.15) is 45.1 Å². The van der Waals surface area contributed by atoms with E-state index in [1.807, 2.05) is 30.3 Å². The first-order valence-electron chi connectivity index (χ1n) is 7.37. The Balaban J connectivity index is 2.13. The highest BCUT2D eigenvalue weighted by Crippen LogP contribution is 2.60. The van der Waals surface area contributed by atoms with Crippen LogP contribution < -0.4 is 0 Å². The Morgan fingerprint density at radius 3 is 2.45 bits per heavy atom. The Bertz CT molecular complexity index is 570. The van der Waals surface area contributed by atoms with E-state index >= 15 is 0 Å². The van der Waals surface area contributed by atoms with Crippen LogP contribution in [0.4, 0.5) is 0 Å². The van der Waals surface area contributed by atoms with E-state index in [0.717, 1.165) is 24.0 Å². The van der Waals surface area contributed by atoms with E-state index in [-0.39, 0.29) is 17.1 Å². The van der Waals surface area contributed by atoms with Gasteiger partial charge < -0.3 is 5.11 Å². The number of benzene rings is 1. The molecular formula is C18H22O2. The van der Waals surface area contributed by atoms with Crippen LogP contribution in [0.2, 0.25) is 0 Å². The fourth-order valence-corrected chi connectivity index (χ4v) is 4.22. The van der Waals surface area contributed by atoms with Crippen LogP contribution in [-0.2, 0) is 4.79 Å². The molecule has 0 heterocycles. The summed E-state index contributed by atoms with van der Waals surface area (Å²) < 4.78 is 0. The Labute approximate surface area is 120 Å². The molecule has 0 unspecified atom stereocenters. The molecule has 0 aromatic heterocycles. The number of aliphatic hydroxyl groups excluding tert-OH is 1. The summed E-state index contributed by atoms with van der Waals surface area (Å²) in [6.07, 6.45) is 3.06. The molecule has 0 radical (unpaired) electrons. The van der Waals surface area contributed by atoms with Crippen molar-refractivity contribution in [1.29, 1.82) is 0 Å². The maximum absolute atomic E-state index is 12.6. The van der Waals surface area contributed by atoms with E-state index in [9.17, 15) is 9.90 Å². The Morgan fingerprint density at radius 1 is 1.15 bits per heavy atom. The monoisotopic (exact) mass is 270 g/mol. The van der Waals surface area contributed by atoms with Gasteiger partial charge in [-0.15, -0.1) is 0 Å². The summed E-state index contributed by atoms with van der Waals surface area (Å²) in [5.41, 5.74) is 1.68. The van der Waals surface area contributed by atoms with E-state index in [0.29, 0.717) is 0 Å². The van der Waals surface area contributed by atoms with Crippen molar-refractivity contribution in [3.8, 4) is 0 Å². The summed E-state index contributed by atoms with van der Waals surface area (Å²) in [4.78, 5) is 12.6. The van der Waals surface area contributed by atoms with Gasteiger partial charge in [0.25, 0.3) is 0 Å². The van der Waals surface area contributed by atoms with Gasteiger partial charge >= 0.3 is 0 Å². The maximum atomic E-state index is 12.6. The van der Waals surface area contributed by atoms with Crippen LogP contribution in [0, 0.1) is 10.8 Å². The highest BCUT2D eigenvalue weighted by molar-refractivity contribution is 6.00. The summed E-state index contributed by atoms with van der Waals surface area (Å²) in [7, 11) is 0. The maximum Gasteiger partial charge on any atom is 0.164 e. The fraction of sp³-hybridized carbons (Fsp3) is 0.500. The zero-order valence-electron chi connectivity index (χ0n) is 12.4. The van der Waals surface area contributed by atoms with E-state index in [1.165, 1.54) is 0 Å². The summed E-state index contributed by atoms with van der Waals surface area (Å²) in [6, 6.07) is 9.88. The second-order valence-corrected chi connectivity index (χ2v) is 7.03. The third-order valence-corrected chi connectivity index (χ3v) is 5.35. The van der Waals surface area contributed by atoms with Gasteiger partial charge in [0.2, 0.25) is 0 Å². The van der Waals surface area contributed by atoms with Gasteiger partial charge in [0.1, 0.15) is 0 Å². The van der Waals surface area contributed by atoms with Crippen LogP contribution in [0.3, 0.4) is 0 Å². The van der Waals surface area contributed by atoms with Crippen LogP contribution in [0.5, 0.6) is 0 Å². The zero-order chi connectivity index (χ0) is 14.5. The molecule has 2 aliphatic rings. The van der Waals surface area contributed by atoms with E-state index in [1.54, 1.807) is 6.08 Å². The van der Waals surface area contributed by atoms with Crippen molar-refractivity contribution >= 4 is 5.78 Å². The Morgan fingerprint density at radius 2 is 1.80 bits per heavy atom. The largest absolute Gasteiger partial charge is 0.392 e. The molecule has 0 aliphatic heterocycles. The number of hydrogen-bond donors (Lipinski definition) is 1. The lowest BCUT2D eigenvalue weighted by molar-refractivity contribution is -0.119. The molecule has 2 nitrogen and oxygen atoms in total. The summed E-state index contributed by atoms with van der Waals surface area (Å²) in [6.45, 7) is 6.43. The summed E-state index contributed by atoms with van der Waals surface area (Å²) in [5.74, 6) is -0.101. The van der Waals surface area contributed by atoms with Crippen molar-refractivity contribution < 1.29 is 9.90 Å². The van der Waals surface area contributed by atoms with Crippen molar-refractivity contribution in [2.75, 3.05) is 0 Å². The summed E-state index contributed by atoms with van der Waals surface area (Å²) in [5, 5.41) is 10.6. The fourth-order valence-electron chi connectivity index (χ4n) is 4.22. The predicted octanol–water partition coefficient (Wildman–Crippen LogP) is 3.47. The number of ketones is 1. The van der Waals surface area contributed by atoms with Crippen molar-refractivity contribution in [2.45, 2.75) is 45.6 Å². The minimum atomic E-state index is -0.458. The second-order valence-electron chi connectivity index (χ2n) is 7.03. The molecule has 1 N–H and O–H groups in total. The van der Waals surface area contributed by atoms with Gasteiger partial charge in [0, 0.05) is 5.41 Å². The number of carbonyl (C=O) groups is 1. The molecular weight excluding hydrogens is 248 g/mol. The molecule has 1 fully saturated rings. The second kappa shape index (κ2) is 4.29. The zero-order valence-corrected chi connectivity index (χ0v) is 12.4. The average Bonchev–Trinajstić information content (AvgIpc) is 2.70. The van der Waals surface area contributed by atoms with Crippen molar-refractivity contribution in [1.82, 2.24) is 0 Å². The first-order valence-corrected chi connectivity index (χ1v) is 7.37. The lowest BCUT2D eigenvalue weighted by Gasteiger charge is -2.49. The van der Waals surface area contributed by atoms with Crippen LogP contribution in [0.15, 0.2) is 42.0 Å². The molecule has 0 amide bonds. The van der Waals surface area contributed by atoms with Gasteiger partial charge in [0.15, 0.2) is 5.78 Å². The molecule has 1 saturated carbocycles. The molecule has 2 heteroatoms. The average molecular weight is 270 g/mol. The van der Waals surface area contributed by atoms with Crippen LogP contribution in [0.25, 0.3) is 0 Å². The molecule has 2 aliphatic carbocycles. The quantitative estimate of drug-likeness (QED) is 0.848. The number of fused-ring (bicyclic) bond motifs is 1. The van der Waals surface area contributed by atoms with Crippen molar-refractivity contribution in [3.63, 3.8) is 0 Å². The lowest BCUT2D eigenvalue weighted by atomic mass is 9.56. The predicted molar refractivity (Wildman–Crippen MR) is 79.4 cm³/mol. The number of carbonyl (C=O) groups excluding carboxylic acids is 1. The minimum absolute atomic E-state index is 0.00678. The van der Waals surface area contributed by atoms with Crippen molar-refractivity contribution in [2.24, 2.45) is 10.8 Å². The Kier molecular flexibility index (Phi) is 2.91. The molecule has 3 atom stereocenters. The van der Waals surface area contributed by atoms with E-state index in [2.05, 4.69) is 20.8 Å². The number of rotatable bonds is 1. The molecule has 3 rings (SSSR count). The number of aliphatic hydroxyl groups is 1. The molecule has 0 saturated heterocycles. The topological polar surface area (TPSA) is 37.3 Å². The third kappa shape index (κ3) is 1.71. The highest BCUT2D eigenvalue weighted by atomic mass is 16.3. The molecule has 20 heavy (non-hydrogen) atoms. The van der Waals surface area contributed by atoms with E-state index < -0.39 is 11.5 Å². The first kappa shape index (κ1) is 13.6. The van der Waals surface area contributed by atoms with Gasteiger partial charge in [-0.25, -0.2) is 0 Å². The SMILES string of the molecule is CC1(C)CC[C@@H](O)[C@]2(C)C1=CC(=O)[C@H]2c1ccccc1. The standard InChI is InChI=1S/C18H22O2/c1-17(2)10-9-15(20)18(3)14(17)11-13(19)16(18)12-7-5-4-6-8-12/h4-8,11,15-16,20H,9-10H2,1-3H3/t15-,16-,18+/m1/s1.